The normalized spacial score (nSPS) is 10.9. The summed E-state index contributed by atoms with van der Waals surface area (Å²) in [5.41, 5.74) is 2.95. The Morgan fingerprint density at radius 3 is 2.94 bits per heavy atom. The second-order valence-corrected chi connectivity index (χ2v) is 5.57. The van der Waals surface area contributed by atoms with E-state index in [1.807, 2.05) is 6.07 Å². The van der Waals surface area contributed by atoms with Crippen LogP contribution in [-0.4, -0.2) is 16.7 Å². The average molecular weight is 276 g/mol. The molecule has 0 aliphatic carbocycles. The number of rotatable bonds is 4. The molecule has 0 aliphatic heterocycles. The lowest BCUT2D eigenvalue weighted by molar-refractivity contribution is 0.728. The number of hydrogen-bond donors (Lipinski definition) is 2. The van der Waals surface area contributed by atoms with Crippen LogP contribution in [0.1, 0.15) is 12.5 Å². The third-order valence-corrected chi connectivity index (χ3v) is 3.70. The van der Waals surface area contributed by atoms with E-state index in [2.05, 4.69) is 22.4 Å². The van der Waals surface area contributed by atoms with Crippen molar-refractivity contribution in [2.45, 2.75) is 13.5 Å². The van der Waals surface area contributed by atoms with Crippen molar-refractivity contribution in [3.8, 4) is 11.3 Å². The summed E-state index contributed by atoms with van der Waals surface area (Å²) in [5, 5.41) is 10.3. The van der Waals surface area contributed by atoms with E-state index in [-0.39, 0.29) is 0 Å². The first kappa shape index (κ1) is 11.9. The molecule has 0 fully saturated rings. The van der Waals surface area contributed by atoms with Crippen LogP contribution >= 0.6 is 34.5 Å². The van der Waals surface area contributed by atoms with Crippen molar-refractivity contribution in [2.24, 2.45) is 0 Å². The summed E-state index contributed by atoms with van der Waals surface area (Å²) in [5.74, 6) is 0. The molecule has 0 atom stereocenters. The Morgan fingerprint density at radius 2 is 2.31 bits per heavy atom. The van der Waals surface area contributed by atoms with Gasteiger partial charge >= 0.3 is 0 Å². The lowest BCUT2D eigenvalue weighted by Crippen LogP contribution is -2.11. The molecule has 0 aliphatic rings. The molecule has 0 aromatic carbocycles. The Bertz CT molecular complexity index is 478. The smallest absolute Gasteiger partial charge is 0.104 e. The molecule has 2 aromatic rings. The van der Waals surface area contributed by atoms with Gasteiger partial charge in [-0.15, -0.1) is 11.3 Å². The fourth-order valence-electron chi connectivity index (χ4n) is 1.45. The van der Waals surface area contributed by atoms with Gasteiger partial charge in [-0.05, 0) is 12.6 Å². The van der Waals surface area contributed by atoms with Gasteiger partial charge in [0.15, 0.2) is 0 Å². The van der Waals surface area contributed by atoms with Crippen molar-refractivity contribution < 1.29 is 0 Å². The van der Waals surface area contributed by atoms with E-state index in [9.17, 15) is 0 Å². The van der Waals surface area contributed by atoms with Gasteiger partial charge in [-0.1, -0.05) is 30.1 Å². The van der Waals surface area contributed by atoms with Crippen LogP contribution in [0.3, 0.4) is 0 Å². The van der Waals surface area contributed by atoms with Gasteiger partial charge in [0, 0.05) is 17.7 Å². The molecular weight excluding hydrogens is 265 g/mol. The lowest BCUT2D eigenvalue weighted by Gasteiger charge is -2.02. The number of thiophene rings is 1. The Labute approximate surface area is 108 Å². The number of hydrogen-bond acceptors (Lipinski definition) is 3. The first-order chi connectivity index (χ1) is 7.72. The van der Waals surface area contributed by atoms with Crippen molar-refractivity contribution in [1.82, 2.24) is 15.5 Å². The van der Waals surface area contributed by atoms with Crippen LogP contribution in [0.5, 0.6) is 0 Å². The van der Waals surface area contributed by atoms with E-state index in [1.165, 1.54) is 11.3 Å². The van der Waals surface area contributed by atoms with E-state index >= 15 is 0 Å². The highest BCUT2D eigenvalue weighted by Gasteiger charge is 2.13. The third kappa shape index (κ3) is 2.40. The molecule has 0 bridgehead atoms. The predicted octanol–water partition coefficient (Wildman–Crippen LogP) is 3.55. The number of aromatic amines is 1. The number of nitrogens with zero attached hydrogens (tertiary/aromatic N) is 1. The molecule has 16 heavy (non-hydrogen) atoms. The van der Waals surface area contributed by atoms with Gasteiger partial charge < -0.3 is 5.32 Å². The van der Waals surface area contributed by atoms with Crippen molar-refractivity contribution in [3.63, 3.8) is 0 Å². The van der Waals surface area contributed by atoms with Gasteiger partial charge in [-0.3, -0.25) is 5.10 Å². The highest BCUT2D eigenvalue weighted by atomic mass is 35.5. The van der Waals surface area contributed by atoms with Gasteiger partial charge in [0.1, 0.15) is 4.34 Å². The quantitative estimate of drug-likeness (QED) is 0.896. The van der Waals surface area contributed by atoms with E-state index in [4.69, 9.17) is 23.2 Å². The topological polar surface area (TPSA) is 40.7 Å². The summed E-state index contributed by atoms with van der Waals surface area (Å²) in [6, 6.07) is 1.86. The minimum atomic E-state index is 0.684. The lowest BCUT2D eigenvalue weighted by atomic mass is 10.1. The Hall–Kier alpha value is -0.550. The van der Waals surface area contributed by atoms with Gasteiger partial charge in [0.2, 0.25) is 0 Å². The standard InChI is InChI=1S/C10H11Cl2N3S/c1-2-13-4-6-5-14-15-9(6)7-3-8(11)16-10(7)12/h3,5,13H,2,4H2,1H3,(H,14,15). The van der Waals surface area contributed by atoms with E-state index in [1.54, 1.807) is 6.20 Å². The maximum atomic E-state index is 6.11. The highest BCUT2D eigenvalue weighted by molar-refractivity contribution is 7.20. The zero-order valence-corrected chi connectivity index (χ0v) is 11.0. The Morgan fingerprint density at radius 1 is 1.50 bits per heavy atom. The maximum Gasteiger partial charge on any atom is 0.104 e. The fraction of sp³-hybridized carbons (Fsp3) is 0.300. The first-order valence-electron chi connectivity index (χ1n) is 4.90. The van der Waals surface area contributed by atoms with Crippen LogP contribution < -0.4 is 5.32 Å². The summed E-state index contributed by atoms with van der Waals surface area (Å²) in [7, 11) is 0. The second kappa shape index (κ2) is 5.19. The van der Waals surface area contributed by atoms with Crippen LogP contribution in [0, 0.1) is 0 Å². The zero-order valence-electron chi connectivity index (χ0n) is 8.68. The molecule has 2 aromatic heterocycles. The van der Waals surface area contributed by atoms with Crippen LogP contribution in [0.15, 0.2) is 12.3 Å². The molecule has 6 heteroatoms. The minimum Gasteiger partial charge on any atom is -0.313 e. The molecule has 0 amide bonds. The van der Waals surface area contributed by atoms with Gasteiger partial charge in [-0.2, -0.15) is 5.10 Å². The molecule has 86 valence electrons. The van der Waals surface area contributed by atoms with Gasteiger partial charge in [-0.25, -0.2) is 0 Å². The Balaban J connectivity index is 2.33. The number of aromatic nitrogens is 2. The maximum absolute atomic E-state index is 6.11. The van der Waals surface area contributed by atoms with Crippen LogP contribution in [0.2, 0.25) is 8.67 Å². The summed E-state index contributed by atoms with van der Waals surface area (Å²) in [6.45, 7) is 3.75. The second-order valence-electron chi connectivity index (χ2n) is 3.29. The highest BCUT2D eigenvalue weighted by Crippen LogP contribution is 2.38. The van der Waals surface area contributed by atoms with Crippen molar-refractivity contribution >= 4 is 34.5 Å². The van der Waals surface area contributed by atoms with Gasteiger partial charge in [0.05, 0.1) is 16.2 Å². The molecule has 2 rings (SSSR count). The molecular formula is C10H11Cl2N3S. The van der Waals surface area contributed by atoms with Crippen LogP contribution in [0.4, 0.5) is 0 Å². The molecule has 2 N–H and O–H groups in total. The minimum absolute atomic E-state index is 0.684. The predicted molar refractivity (Wildman–Crippen MR) is 69.3 cm³/mol. The van der Waals surface area contributed by atoms with Crippen LogP contribution in [-0.2, 0) is 6.54 Å². The summed E-state index contributed by atoms with van der Waals surface area (Å²) < 4.78 is 1.37. The molecule has 2 heterocycles. The van der Waals surface area contributed by atoms with E-state index in [0.717, 1.165) is 29.9 Å². The Kier molecular flexibility index (Phi) is 3.86. The van der Waals surface area contributed by atoms with Crippen molar-refractivity contribution in [3.05, 3.63) is 26.5 Å². The van der Waals surface area contributed by atoms with Crippen LogP contribution in [0.25, 0.3) is 11.3 Å². The monoisotopic (exact) mass is 275 g/mol. The van der Waals surface area contributed by atoms with Gasteiger partial charge in [0.25, 0.3) is 0 Å². The van der Waals surface area contributed by atoms with Crippen molar-refractivity contribution in [1.29, 1.82) is 0 Å². The summed E-state index contributed by atoms with van der Waals surface area (Å²) in [4.78, 5) is 0. The number of H-pyrrole nitrogens is 1. The molecule has 0 unspecified atom stereocenters. The molecule has 0 spiro atoms. The first-order valence-corrected chi connectivity index (χ1v) is 6.47. The van der Waals surface area contributed by atoms with E-state index < -0.39 is 0 Å². The number of halogens is 2. The summed E-state index contributed by atoms with van der Waals surface area (Å²) >= 11 is 13.4. The molecule has 3 nitrogen and oxygen atoms in total. The van der Waals surface area contributed by atoms with Crippen molar-refractivity contribution in [2.75, 3.05) is 6.54 Å². The average Bonchev–Trinajstić information content (AvgIpc) is 2.81. The fourth-order valence-corrected chi connectivity index (χ4v) is 2.93. The zero-order chi connectivity index (χ0) is 11.5. The SMILES string of the molecule is CCNCc1cn[nH]c1-c1cc(Cl)sc1Cl. The molecule has 0 saturated heterocycles. The molecule has 0 saturated carbocycles. The summed E-state index contributed by atoms with van der Waals surface area (Å²) in [6.07, 6.45) is 1.81. The largest absolute Gasteiger partial charge is 0.313 e. The van der Waals surface area contributed by atoms with E-state index in [0.29, 0.717) is 8.67 Å². The number of nitrogens with one attached hydrogen (secondary N) is 2. The third-order valence-electron chi connectivity index (χ3n) is 2.21. The molecule has 0 radical (unpaired) electrons.